The highest BCUT2D eigenvalue weighted by Crippen LogP contribution is 2.16. The standard InChI is InChI=1S/C18H32N2O4/c1-15-13-19(15)9-7-17(21)23-11-5-3-4-6-12-24-18(22)8-10-20-14-16(20)2/h15-16H,3-14H2,1-2H3. The molecule has 0 bridgehead atoms. The quantitative estimate of drug-likeness (QED) is 0.290. The van der Waals surface area contributed by atoms with E-state index in [1.807, 2.05) is 0 Å². The summed E-state index contributed by atoms with van der Waals surface area (Å²) in [6.45, 7) is 9.18. The second-order valence-electron chi connectivity index (χ2n) is 7.04. The number of ether oxygens (including phenoxy) is 2. The lowest BCUT2D eigenvalue weighted by molar-refractivity contribution is -0.145. The van der Waals surface area contributed by atoms with Crippen LogP contribution in [0.15, 0.2) is 0 Å². The number of esters is 2. The molecule has 2 rings (SSSR count). The zero-order valence-electron chi connectivity index (χ0n) is 15.2. The second kappa shape index (κ2) is 9.99. The van der Waals surface area contributed by atoms with Crippen molar-refractivity contribution in [2.24, 2.45) is 0 Å². The van der Waals surface area contributed by atoms with E-state index in [9.17, 15) is 9.59 Å². The van der Waals surface area contributed by atoms with Crippen LogP contribution in [0.25, 0.3) is 0 Å². The van der Waals surface area contributed by atoms with E-state index in [2.05, 4.69) is 23.6 Å². The van der Waals surface area contributed by atoms with Crippen LogP contribution < -0.4 is 0 Å². The summed E-state index contributed by atoms with van der Waals surface area (Å²) in [6.07, 6.45) is 4.75. The number of hydrogen-bond donors (Lipinski definition) is 0. The highest BCUT2D eigenvalue weighted by molar-refractivity contribution is 5.69. The third-order valence-electron chi connectivity index (χ3n) is 4.75. The Morgan fingerprint density at radius 2 is 1.17 bits per heavy atom. The summed E-state index contributed by atoms with van der Waals surface area (Å²) < 4.78 is 10.4. The van der Waals surface area contributed by atoms with Gasteiger partial charge in [0.05, 0.1) is 26.1 Å². The van der Waals surface area contributed by atoms with Crippen LogP contribution in [0.3, 0.4) is 0 Å². The molecule has 2 aliphatic heterocycles. The van der Waals surface area contributed by atoms with Crippen LogP contribution in [0.1, 0.15) is 52.4 Å². The maximum absolute atomic E-state index is 11.5. The molecule has 0 spiro atoms. The molecule has 0 saturated carbocycles. The molecule has 2 aliphatic rings. The number of rotatable bonds is 13. The van der Waals surface area contributed by atoms with Crippen molar-refractivity contribution < 1.29 is 19.1 Å². The van der Waals surface area contributed by atoms with E-state index in [0.29, 0.717) is 38.1 Å². The van der Waals surface area contributed by atoms with Gasteiger partial charge in [-0.2, -0.15) is 0 Å². The molecule has 0 aromatic rings. The average Bonchev–Trinajstić information content (AvgIpc) is 3.45. The molecular formula is C18H32N2O4. The zero-order chi connectivity index (χ0) is 17.4. The Hall–Kier alpha value is -1.14. The van der Waals surface area contributed by atoms with Gasteiger partial charge in [0.25, 0.3) is 0 Å². The molecule has 2 fully saturated rings. The Bertz CT molecular complexity index is 378. The fourth-order valence-corrected chi connectivity index (χ4v) is 2.75. The SMILES string of the molecule is CC1CN1CCC(=O)OCCCCCCOC(=O)CCN1CC1C. The van der Waals surface area contributed by atoms with Crippen LogP contribution in [0.5, 0.6) is 0 Å². The smallest absolute Gasteiger partial charge is 0.307 e. The van der Waals surface area contributed by atoms with E-state index >= 15 is 0 Å². The summed E-state index contributed by atoms with van der Waals surface area (Å²) in [6, 6.07) is 1.28. The lowest BCUT2D eigenvalue weighted by Crippen LogP contribution is -2.13. The summed E-state index contributed by atoms with van der Waals surface area (Å²) in [5, 5.41) is 0. The Labute approximate surface area is 145 Å². The molecule has 4 atom stereocenters. The number of nitrogens with zero attached hydrogens (tertiary/aromatic N) is 2. The Kier molecular flexibility index (Phi) is 7.99. The van der Waals surface area contributed by atoms with Crippen LogP contribution >= 0.6 is 0 Å². The van der Waals surface area contributed by atoms with Gasteiger partial charge in [-0.15, -0.1) is 0 Å². The monoisotopic (exact) mass is 340 g/mol. The third-order valence-corrected chi connectivity index (χ3v) is 4.75. The largest absolute Gasteiger partial charge is 0.466 e. The summed E-state index contributed by atoms with van der Waals surface area (Å²) >= 11 is 0. The van der Waals surface area contributed by atoms with Crippen LogP contribution in [-0.2, 0) is 19.1 Å². The van der Waals surface area contributed by atoms with E-state index in [1.54, 1.807) is 0 Å². The Morgan fingerprint density at radius 1 is 0.792 bits per heavy atom. The van der Waals surface area contributed by atoms with Gasteiger partial charge in [-0.05, 0) is 39.5 Å². The first-order chi connectivity index (χ1) is 11.6. The molecule has 4 unspecified atom stereocenters. The number of carbonyl (C=O) groups is 2. The molecule has 0 aromatic carbocycles. The highest BCUT2D eigenvalue weighted by Gasteiger charge is 2.29. The first-order valence-electron chi connectivity index (χ1n) is 9.35. The first-order valence-corrected chi connectivity index (χ1v) is 9.35. The summed E-state index contributed by atoms with van der Waals surface area (Å²) in [5.41, 5.74) is 0. The molecule has 0 N–H and O–H groups in total. The van der Waals surface area contributed by atoms with Crippen LogP contribution in [-0.4, -0.2) is 73.2 Å². The molecule has 2 saturated heterocycles. The molecule has 0 amide bonds. The van der Waals surface area contributed by atoms with Gasteiger partial charge >= 0.3 is 11.9 Å². The van der Waals surface area contributed by atoms with Crippen molar-refractivity contribution >= 4 is 11.9 Å². The van der Waals surface area contributed by atoms with Crippen molar-refractivity contribution in [3.05, 3.63) is 0 Å². The van der Waals surface area contributed by atoms with Gasteiger partial charge in [-0.1, -0.05) is 0 Å². The van der Waals surface area contributed by atoms with E-state index in [1.165, 1.54) is 0 Å². The molecule has 0 aliphatic carbocycles. The van der Waals surface area contributed by atoms with Crippen molar-refractivity contribution in [1.29, 1.82) is 0 Å². The predicted octanol–water partition coefficient (Wildman–Crippen LogP) is 1.82. The van der Waals surface area contributed by atoms with Gasteiger partial charge in [-0.3, -0.25) is 19.4 Å². The molecule has 2 heterocycles. The molecule has 24 heavy (non-hydrogen) atoms. The molecule has 6 heteroatoms. The molecular weight excluding hydrogens is 308 g/mol. The van der Waals surface area contributed by atoms with Crippen molar-refractivity contribution in [3.8, 4) is 0 Å². The average molecular weight is 340 g/mol. The lowest BCUT2D eigenvalue weighted by atomic mass is 10.2. The molecule has 0 radical (unpaired) electrons. The highest BCUT2D eigenvalue weighted by atomic mass is 16.5. The van der Waals surface area contributed by atoms with Crippen molar-refractivity contribution in [3.63, 3.8) is 0 Å². The molecule has 6 nitrogen and oxygen atoms in total. The van der Waals surface area contributed by atoms with Gasteiger partial charge in [0, 0.05) is 38.3 Å². The van der Waals surface area contributed by atoms with Gasteiger partial charge in [0.1, 0.15) is 0 Å². The number of unbranched alkanes of at least 4 members (excludes halogenated alkanes) is 3. The molecule has 138 valence electrons. The zero-order valence-corrected chi connectivity index (χ0v) is 15.2. The second-order valence-corrected chi connectivity index (χ2v) is 7.04. The fraction of sp³-hybridized carbons (Fsp3) is 0.889. The van der Waals surface area contributed by atoms with E-state index in [4.69, 9.17) is 9.47 Å². The predicted molar refractivity (Wildman–Crippen MR) is 91.7 cm³/mol. The topological polar surface area (TPSA) is 58.6 Å². The minimum atomic E-state index is -0.0937. The number of carbonyl (C=O) groups excluding carboxylic acids is 2. The van der Waals surface area contributed by atoms with Gasteiger partial charge in [0.15, 0.2) is 0 Å². The minimum Gasteiger partial charge on any atom is -0.466 e. The van der Waals surface area contributed by atoms with Gasteiger partial charge < -0.3 is 9.47 Å². The summed E-state index contributed by atoms with van der Waals surface area (Å²) in [4.78, 5) is 27.5. The normalized spacial score (nSPS) is 27.6. The van der Waals surface area contributed by atoms with E-state index in [0.717, 1.165) is 51.9 Å². The maximum Gasteiger partial charge on any atom is 0.307 e. The first kappa shape index (κ1) is 19.2. The molecule has 0 aromatic heterocycles. The third kappa shape index (κ3) is 8.11. The van der Waals surface area contributed by atoms with Crippen LogP contribution in [0.4, 0.5) is 0 Å². The summed E-state index contributed by atoms with van der Waals surface area (Å²) in [5.74, 6) is -0.187. The Balaban J connectivity index is 1.30. The Morgan fingerprint density at radius 3 is 1.50 bits per heavy atom. The minimum absolute atomic E-state index is 0.0937. The van der Waals surface area contributed by atoms with Crippen molar-refractivity contribution in [1.82, 2.24) is 9.80 Å². The van der Waals surface area contributed by atoms with Crippen LogP contribution in [0, 0.1) is 0 Å². The lowest BCUT2D eigenvalue weighted by Gasteiger charge is -2.07. The van der Waals surface area contributed by atoms with Crippen LogP contribution in [0.2, 0.25) is 0 Å². The maximum atomic E-state index is 11.5. The number of hydrogen-bond acceptors (Lipinski definition) is 6. The van der Waals surface area contributed by atoms with Crippen molar-refractivity contribution in [2.45, 2.75) is 64.5 Å². The van der Waals surface area contributed by atoms with Crippen molar-refractivity contribution in [2.75, 3.05) is 39.4 Å². The fourth-order valence-electron chi connectivity index (χ4n) is 2.75. The van der Waals surface area contributed by atoms with Gasteiger partial charge in [-0.25, -0.2) is 0 Å². The van der Waals surface area contributed by atoms with Gasteiger partial charge in [0.2, 0.25) is 0 Å². The summed E-state index contributed by atoms with van der Waals surface area (Å²) in [7, 11) is 0. The van der Waals surface area contributed by atoms with E-state index < -0.39 is 0 Å². The van der Waals surface area contributed by atoms with E-state index in [-0.39, 0.29) is 11.9 Å².